The van der Waals surface area contributed by atoms with Crippen LogP contribution in [0.4, 0.5) is 5.69 Å². The highest BCUT2D eigenvalue weighted by Gasteiger charge is 2.28. The summed E-state index contributed by atoms with van der Waals surface area (Å²) in [7, 11) is -3.64. The summed E-state index contributed by atoms with van der Waals surface area (Å²) >= 11 is 0. The standard InChI is InChI=1S/C19H12N2O3S/c22-25(23)18-8-4-2-6-15(18)19(21-25)20-12-9-10-14-13-5-1-3-7-16(13)24-17(14)11-12/h1-11H,(H,20,21). The Morgan fingerprint density at radius 3 is 2.52 bits per heavy atom. The Hall–Kier alpha value is -3.12. The number of hydrogen-bond acceptors (Lipinski definition) is 4. The Balaban J connectivity index is 1.60. The molecule has 2 heterocycles. The van der Waals surface area contributed by atoms with E-state index in [9.17, 15) is 8.42 Å². The quantitative estimate of drug-likeness (QED) is 0.561. The first kappa shape index (κ1) is 14.2. The molecule has 5 rings (SSSR count). The average Bonchev–Trinajstić information content (AvgIpc) is 3.10. The van der Waals surface area contributed by atoms with E-state index in [-0.39, 0.29) is 4.90 Å². The molecule has 0 fully saturated rings. The van der Waals surface area contributed by atoms with Gasteiger partial charge in [0.05, 0.1) is 0 Å². The van der Waals surface area contributed by atoms with Crippen LogP contribution in [0.25, 0.3) is 21.9 Å². The Morgan fingerprint density at radius 1 is 0.840 bits per heavy atom. The fourth-order valence-electron chi connectivity index (χ4n) is 3.14. The van der Waals surface area contributed by atoms with Crippen LogP contribution in [0.2, 0.25) is 0 Å². The van der Waals surface area contributed by atoms with Crippen LogP contribution in [0.5, 0.6) is 0 Å². The monoisotopic (exact) mass is 348 g/mol. The van der Waals surface area contributed by atoms with E-state index in [4.69, 9.17) is 4.42 Å². The maximum Gasteiger partial charge on any atom is 0.285 e. The lowest BCUT2D eigenvalue weighted by Gasteiger charge is -2.06. The number of sulfonamides is 1. The summed E-state index contributed by atoms with van der Waals surface area (Å²) in [5, 5.41) is 5.17. The Bertz CT molecular complexity index is 1290. The van der Waals surface area contributed by atoms with Crippen molar-refractivity contribution in [1.29, 1.82) is 0 Å². The molecule has 6 heteroatoms. The van der Waals surface area contributed by atoms with Gasteiger partial charge in [-0.1, -0.05) is 30.3 Å². The highest BCUT2D eigenvalue weighted by Crippen LogP contribution is 2.31. The third-order valence-corrected chi connectivity index (χ3v) is 5.61. The van der Waals surface area contributed by atoms with Crippen molar-refractivity contribution in [3.63, 3.8) is 0 Å². The van der Waals surface area contributed by atoms with Gasteiger partial charge in [0.25, 0.3) is 10.0 Å². The number of amidine groups is 1. The SMILES string of the molecule is O=S1(=O)N=C(Nc2ccc3c(c2)oc2ccccc23)c2ccccc21. The third-order valence-electron chi connectivity index (χ3n) is 4.27. The van der Waals surface area contributed by atoms with Crippen molar-refractivity contribution in [2.24, 2.45) is 4.40 Å². The summed E-state index contributed by atoms with van der Waals surface area (Å²) in [6.45, 7) is 0. The third kappa shape index (κ3) is 2.15. The van der Waals surface area contributed by atoms with Gasteiger partial charge in [0.15, 0.2) is 5.84 Å². The molecule has 0 bridgehead atoms. The lowest BCUT2D eigenvalue weighted by molar-refractivity contribution is 0.599. The summed E-state index contributed by atoms with van der Waals surface area (Å²) in [5.41, 5.74) is 2.85. The van der Waals surface area contributed by atoms with Crippen LogP contribution in [0.1, 0.15) is 5.56 Å². The first-order valence-corrected chi connectivity index (χ1v) is 9.18. The van der Waals surface area contributed by atoms with E-state index in [2.05, 4.69) is 9.71 Å². The fourth-order valence-corrected chi connectivity index (χ4v) is 4.31. The van der Waals surface area contributed by atoms with Crippen molar-refractivity contribution < 1.29 is 12.8 Å². The fraction of sp³-hybridized carbons (Fsp3) is 0. The predicted octanol–water partition coefficient (Wildman–Crippen LogP) is 4.15. The van der Waals surface area contributed by atoms with Gasteiger partial charge < -0.3 is 9.73 Å². The molecule has 1 aliphatic heterocycles. The minimum atomic E-state index is -3.64. The van der Waals surface area contributed by atoms with Gasteiger partial charge in [-0.2, -0.15) is 8.42 Å². The molecule has 1 aromatic heterocycles. The lowest BCUT2D eigenvalue weighted by Crippen LogP contribution is -2.11. The summed E-state index contributed by atoms with van der Waals surface area (Å²) in [5.74, 6) is 0.325. The van der Waals surface area contributed by atoms with E-state index < -0.39 is 10.0 Å². The maximum atomic E-state index is 12.1. The average molecular weight is 348 g/mol. The van der Waals surface area contributed by atoms with Crippen LogP contribution in [-0.2, 0) is 10.0 Å². The van der Waals surface area contributed by atoms with E-state index in [1.807, 2.05) is 42.5 Å². The summed E-state index contributed by atoms with van der Waals surface area (Å²) in [6.07, 6.45) is 0. The Morgan fingerprint density at radius 2 is 1.60 bits per heavy atom. The second-order valence-corrected chi connectivity index (χ2v) is 7.42. The second-order valence-electron chi connectivity index (χ2n) is 5.85. The van der Waals surface area contributed by atoms with Crippen LogP contribution in [0.3, 0.4) is 0 Å². The van der Waals surface area contributed by atoms with E-state index in [0.29, 0.717) is 11.4 Å². The molecule has 122 valence electrons. The van der Waals surface area contributed by atoms with Crippen LogP contribution in [0.15, 0.2) is 80.4 Å². The number of anilines is 1. The smallest absolute Gasteiger partial charge is 0.285 e. The van der Waals surface area contributed by atoms with Gasteiger partial charge >= 0.3 is 0 Å². The number of para-hydroxylation sites is 1. The van der Waals surface area contributed by atoms with Crippen LogP contribution >= 0.6 is 0 Å². The molecule has 0 unspecified atom stereocenters. The Labute approximate surface area is 143 Å². The zero-order valence-corrected chi connectivity index (χ0v) is 13.7. The highest BCUT2D eigenvalue weighted by atomic mass is 32.2. The molecule has 0 atom stereocenters. The molecule has 5 nitrogen and oxygen atoms in total. The minimum Gasteiger partial charge on any atom is -0.456 e. The summed E-state index contributed by atoms with van der Waals surface area (Å²) in [6, 6.07) is 20.3. The number of benzene rings is 3. The second kappa shape index (κ2) is 4.94. The molecule has 0 radical (unpaired) electrons. The molecule has 0 aliphatic carbocycles. The molecule has 1 N–H and O–H groups in total. The van der Waals surface area contributed by atoms with Crippen molar-refractivity contribution in [2.75, 3.05) is 5.32 Å². The number of hydrogen-bond donors (Lipinski definition) is 1. The predicted molar refractivity (Wildman–Crippen MR) is 97.5 cm³/mol. The van der Waals surface area contributed by atoms with E-state index in [1.165, 1.54) is 0 Å². The molecule has 3 aromatic carbocycles. The van der Waals surface area contributed by atoms with Crippen molar-refractivity contribution in [3.05, 3.63) is 72.3 Å². The largest absolute Gasteiger partial charge is 0.456 e. The molecule has 0 saturated carbocycles. The molecule has 0 saturated heterocycles. The zero-order chi connectivity index (χ0) is 17.0. The van der Waals surface area contributed by atoms with Gasteiger partial charge in [-0.25, -0.2) is 0 Å². The number of rotatable bonds is 1. The van der Waals surface area contributed by atoms with Crippen molar-refractivity contribution >= 4 is 43.5 Å². The summed E-state index contributed by atoms with van der Waals surface area (Å²) < 4.78 is 34.0. The topological polar surface area (TPSA) is 71.7 Å². The van der Waals surface area contributed by atoms with Gasteiger partial charge in [-0.15, -0.1) is 4.40 Å². The van der Waals surface area contributed by atoms with E-state index >= 15 is 0 Å². The van der Waals surface area contributed by atoms with Crippen molar-refractivity contribution in [3.8, 4) is 0 Å². The zero-order valence-electron chi connectivity index (χ0n) is 12.9. The molecule has 4 aromatic rings. The number of fused-ring (bicyclic) bond motifs is 4. The first-order valence-electron chi connectivity index (χ1n) is 7.74. The van der Waals surface area contributed by atoms with E-state index in [0.717, 1.165) is 27.6 Å². The van der Waals surface area contributed by atoms with Gasteiger partial charge in [0.2, 0.25) is 0 Å². The minimum absolute atomic E-state index is 0.224. The molecule has 25 heavy (non-hydrogen) atoms. The molecule has 0 spiro atoms. The molecule has 1 aliphatic rings. The number of nitrogens with one attached hydrogen (secondary N) is 1. The molecular weight excluding hydrogens is 336 g/mol. The normalized spacial score (nSPS) is 15.3. The van der Waals surface area contributed by atoms with Crippen molar-refractivity contribution in [2.45, 2.75) is 4.90 Å². The van der Waals surface area contributed by atoms with Crippen molar-refractivity contribution in [1.82, 2.24) is 0 Å². The van der Waals surface area contributed by atoms with E-state index in [1.54, 1.807) is 24.3 Å². The highest BCUT2D eigenvalue weighted by molar-refractivity contribution is 7.90. The van der Waals surface area contributed by atoms with Crippen LogP contribution < -0.4 is 5.32 Å². The van der Waals surface area contributed by atoms with Crippen LogP contribution in [0, 0.1) is 0 Å². The summed E-state index contributed by atoms with van der Waals surface area (Å²) in [4.78, 5) is 0.224. The van der Waals surface area contributed by atoms with Gasteiger partial charge in [0, 0.05) is 28.1 Å². The first-order chi connectivity index (χ1) is 12.1. The number of nitrogens with zero attached hydrogens (tertiary/aromatic N) is 1. The van der Waals surface area contributed by atoms with Gasteiger partial charge in [0.1, 0.15) is 16.1 Å². The van der Waals surface area contributed by atoms with Crippen LogP contribution in [-0.4, -0.2) is 14.3 Å². The lowest BCUT2D eigenvalue weighted by atomic mass is 10.1. The molecular formula is C19H12N2O3S. The van der Waals surface area contributed by atoms with Gasteiger partial charge in [-0.05, 0) is 30.3 Å². The Kier molecular flexibility index (Phi) is 2.81. The van der Waals surface area contributed by atoms with Gasteiger partial charge in [-0.3, -0.25) is 0 Å². The maximum absolute atomic E-state index is 12.1. The number of furan rings is 1. The molecule has 0 amide bonds.